The molecule has 3 rings (SSSR count). The first-order chi connectivity index (χ1) is 8.81. The van der Waals surface area contributed by atoms with E-state index in [0.717, 1.165) is 32.3 Å². The van der Waals surface area contributed by atoms with E-state index in [0.29, 0.717) is 0 Å². The van der Waals surface area contributed by atoms with Gasteiger partial charge in [-0.25, -0.2) is 0 Å². The number of aliphatic hydroxyl groups excluding tert-OH is 1. The number of benzene rings is 2. The molecule has 0 saturated carbocycles. The highest BCUT2D eigenvalue weighted by molar-refractivity contribution is 9.10. The van der Waals surface area contributed by atoms with Crippen LogP contribution in [0.5, 0.6) is 0 Å². The number of rotatable bonds is 2. The van der Waals surface area contributed by atoms with E-state index in [4.69, 9.17) is 4.52 Å². The minimum absolute atomic E-state index is 0.0318. The van der Waals surface area contributed by atoms with Crippen LogP contribution in [0.25, 0.3) is 22.2 Å². The van der Waals surface area contributed by atoms with Crippen LogP contribution in [-0.2, 0) is 6.61 Å². The third-order valence-corrected chi connectivity index (χ3v) is 3.55. The van der Waals surface area contributed by atoms with Crippen molar-refractivity contribution in [2.45, 2.75) is 6.61 Å². The van der Waals surface area contributed by atoms with Gasteiger partial charge in [-0.2, -0.15) is 0 Å². The molecule has 3 aromatic rings. The summed E-state index contributed by atoms with van der Waals surface area (Å²) in [5.74, 6) is 0. The lowest BCUT2D eigenvalue weighted by atomic mass is 10.0. The van der Waals surface area contributed by atoms with Gasteiger partial charge >= 0.3 is 0 Å². The highest BCUT2D eigenvalue weighted by atomic mass is 79.9. The number of hydrogen-bond donors (Lipinski definition) is 1. The molecule has 0 radical (unpaired) electrons. The second kappa shape index (κ2) is 4.55. The average molecular weight is 304 g/mol. The lowest BCUT2D eigenvalue weighted by Crippen LogP contribution is -1.91. The number of aliphatic hydroxyl groups is 1. The van der Waals surface area contributed by atoms with Gasteiger partial charge in [0.1, 0.15) is 5.69 Å². The number of fused-ring (bicyclic) bond motifs is 1. The van der Waals surface area contributed by atoms with Gasteiger partial charge in [-0.15, -0.1) is 0 Å². The topological polar surface area (TPSA) is 46.3 Å². The molecule has 0 bridgehead atoms. The van der Waals surface area contributed by atoms with E-state index >= 15 is 0 Å². The Bertz CT molecular complexity index is 706. The van der Waals surface area contributed by atoms with Crippen molar-refractivity contribution in [3.63, 3.8) is 0 Å². The summed E-state index contributed by atoms with van der Waals surface area (Å²) in [6.45, 7) is -0.0318. The SMILES string of the molecule is OCc1cccc(Br)c1-c1noc2ccccc12. The van der Waals surface area contributed by atoms with Crippen LogP contribution < -0.4 is 0 Å². The van der Waals surface area contributed by atoms with Crippen molar-refractivity contribution >= 4 is 26.9 Å². The fourth-order valence-electron chi connectivity index (χ4n) is 2.03. The normalized spacial score (nSPS) is 11.0. The Morgan fingerprint density at radius 2 is 1.94 bits per heavy atom. The Balaban J connectivity index is 2.33. The smallest absolute Gasteiger partial charge is 0.167 e. The standard InChI is InChI=1S/C14H10BrNO2/c15-11-6-3-4-9(8-17)13(11)14-10-5-1-2-7-12(10)18-16-14/h1-7,17H,8H2. The van der Waals surface area contributed by atoms with Gasteiger partial charge in [0.15, 0.2) is 5.58 Å². The molecule has 0 fully saturated rings. The summed E-state index contributed by atoms with van der Waals surface area (Å²) >= 11 is 3.50. The van der Waals surface area contributed by atoms with Crippen LogP contribution in [-0.4, -0.2) is 10.3 Å². The molecule has 0 amide bonds. The van der Waals surface area contributed by atoms with E-state index in [1.54, 1.807) is 0 Å². The summed E-state index contributed by atoms with van der Waals surface area (Å²) in [4.78, 5) is 0. The fourth-order valence-corrected chi connectivity index (χ4v) is 2.63. The minimum atomic E-state index is -0.0318. The van der Waals surface area contributed by atoms with Gasteiger partial charge < -0.3 is 9.63 Å². The van der Waals surface area contributed by atoms with Crippen LogP contribution in [0.1, 0.15) is 5.56 Å². The molecule has 0 unspecified atom stereocenters. The molecule has 0 saturated heterocycles. The Kier molecular flexibility index (Phi) is 2.89. The largest absolute Gasteiger partial charge is 0.392 e. The second-order valence-corrected chi connectivity index (χ2v) is 4.81. The summed E-state index contributed by atoms with van der Waals surface area (Å²) in [6, 6.07) is 13.4. The van der Waals surface area contributed by atoms with Gasteiger partial charge in [-0.05, 0) is 23.8 Å². The number of para-hydroxylation sites is 1. The second-order valence-electron chi connectivity index (χ2n) is 3.96. The lowest BCUT2D eigenvalue weighted by molar-refractivity contribution is 0.282. The van der Waals surface area contributed by atoms with E-state index < -0.39 is 0 Å². The third kappa shape index (κ3) is 1.74. The molecule has 18 heavy (non-hydrogen) atoms. The van der Waals surface area contributed by atoms with Crippen LogP contribution in [0.4, 0.5) is 0 Å². The maximum atomic E-state index is 9.43. The number of hydrogen-bond acceptors (Lipinski definition) is 3. The molecule has 90 valence electrons. The van der Waals surface area contributed by atoms with Crippen molar-refractivity contribution in [3.8, 4) is 11.3 Å². The van der Waals surface area contributed by atoms with Crippen molar-refractivity contribution in [3.05, 3.63) is 52.5 Å². The predicted molar refractivity (Wildman–Crippen MR) is 73.1 cm³/mol. The van der Waals surface area contributed by atoms with Crippen LogP contribution in [0.15, 0.2) is 51.5 Å². The molecule has 2 aromatic carbocycles. The van der Waals surface area contributed by atoms with Gasteiger partial charge in [-0.3, -0.25) is 0 Å². The molecular weight excluding hydrogens is 294 g/mol. The lowest BCUT2D eigenvalue weighted by Gasteiger charge is -2.06. The summed E-state index contributed by atoms with van der Waals surface area (Å²) in [6.07, 6.45) is 0. The molecular formula is C14H10BrNO2. The number of nitrogens with zero attached hydrogens (tertiary/aromatic N) is 1. The first kappa shape index (κ1) is 11.4. The fraction of sp³-hybridized carbons (Fsp3) is 0.0714. The summed E-state index contributed by atoms with van der Waals surface area (Å²) in [7, 11) is 0. The summed E-state index contributed by atoms with van der Waals surface area (Å²) < 4.78 is 6.20. The zero-order valence-corrected chi connectivity index (χ0v) is 11.0. The molecule has 0 spiro atoms. The van der Waals surface area contributed by atoms with Crippen molar-refractivity contribution in [1.82, 2.24) is 5.16 Å². The van der Waals surface area contributed by atoms with Gasteiger partial charge in [-0.1, -0.05) is 45.4 Å². The zero-order valence-electron chi connectivity index (χ0n) is 9.43. The van der Waals surface area contributed by atoms with Crippen LogP contribution >= 0.6 is 15.9 Å². The Morgan fingerprint density at radius 1 is 1.11 bits per heavy atom. The molecule has 1 aromatic heterocycles. The van der Waals surface area contributed by atoms with Crippen molar-refractivity contribution in [2.75, 3.05) is 0 Å². The molecule has 1 N–H and O–H groups in total. The van der Waals surface area contributed by atoms with Crippen LogP contribution in [0.3, 0.4) is 0 Å². The first-order valence-electron chi connectivity index (χ1n) is 5.54. The third-order valence-electron chi connectivity index (χ3n) is 2.88. The maximum absolute atomic E-state index is 9.43. The van der Waals surface area contributed by atoms with Crippen LogP contribution in [0, 0.1) is 0 Å². The molecule has 0 aliphatic carbocycles. The highest BCUT2D eigenvalue weighted by Gasteiger charge is 2.15. The Hall–Kier alpha value is -1.65. The van der Waals surface area contributed by atoms with Crippen molar-refractivity contribution in [2.24, 2.45) is 0 Å². The van der Waals surface area contributed by atoms with Gasteiger partial charge in [0.05, 0.1) is 6.61 Å². The van der Waals surface area contributed by atoms with Crippen LogP contribution in [0.2, 0.25) is 0 Å². The predicted octanol–water partition coefficient (Wildman–Crippen LogP) is 3.75. The molecule has 3 nitrogen and oxygen atoms in total. The average Bonchev–Trinajstić information content (AvgIpc) is 2.82. The minimum Gasteiger partial charge on any atom is -0.392 e. The maximum Gasteiger partial charge on any atom is 0.167 e. The van der Waals surface area contributed by atoms with Gasteiger partial charge in [0, 0.05) is 15.4 Å². The quantitative estimate of drug-likeness (QED) is 0.784. The molecule has 0 aliphatic rings. The van der Waals surface area contributed by atoms with E-state index in [1.807, 2.05) is 42.5 Å². The van der Waals surface area contributed by atoms with Gasteiger partial charge in [0.25, 0.3) is 0 Å². The Labute approximate surface area is 112 Å². The first-order valence-corrected chi connectivity index (χ1v) is 6.33. The van der Waals surface area contributed by atoms with E-state index in [2.05, 4.69) is 21.1 Å². The Morgan fingerprint density at radius 3 is 2.78 bits per heavy atom. The zero-order chi connectivity index (χ0) is 12.5. The molecule has 1 heterocycles. The number of halogens is 1. The van der Waals surface area contributed by atoms with Crippen molar-refractivity contribution < 1.29 is 9.63 Å². The molecule has 0 atom stereocenters. The molecule has 4 heteroatoms. The summed E-state index contributed by atoms with van der Waals surface area (Å²) in [5.41, 5.74) is 3.20. The highest BCUT2D eigenvalue weighted by Crippen LogP contribution is 2.35. The van der Waals surface area contributed by atoms with E-state index in [1.165, 1.54) is 0 Å². The number of aromatic nitrogens is 1. The van der Waals surface area contributed by atoms with Crippen molar-refractivity contribution in [1.29, 1.82) is 0 Å². The van der Waals surface area contributed by atoms with Gasteiger partial charge in [0.2, 0.25) is 0 Å². The van der Waals surface area contributed by atoms with E-state index in [9.17, 15) is 5.11 Å². The molecule has 0 aliphatic heterocycles. The van der Waals surface area contributed by atoms with E-state index in [-0.39, 0.29) is 6.61 Å². The monoisotopic (exact) mass is 303 g/mol. The summed E-state index contributed by atoms with van der Waals surface area (Å²) in [5, 5.41) is 14.5.